The average Bonchev–Trinajstić information content (AvgIpc) is 2.72. The molecule has 1 aromatic rings. The van der Waals surface area contributed by atoms with Gasteiger partial charge in [0, 0.05) is 7.11 Å². The molecule has 1 aliphatic rings. The van der Waals surface area contributed by atoms with E-state index in [-0.39, 0.29) is 23.4 Å². The monoisotopic (exact) mass is 309 g/mol. The van der Waals surface area contributed by atoms with Gasteiger partial charge in [0.2, 0.25) is 0 Å². The number of hydrogen-bond donors (Lipinski definition) is 1. The average molecular weight is 309 g/mol. The third kappa shape index (κ3) is 3.37. The number of aromatic hydroxyl groups is 1. The minimum Gasteiger partial charge on any atom is -0.504 e. The number of benzene rings is 1. The molecule has 0 saturated carbocycles. The lowest BCUT2D eigenvalue weighted by Crippen LogP contribution is -2.31. The Morgan fingerprint density at radius 2 is 2.10 bits per heavy atom. The number of methoxy groups -OCH3 is 2. The van der Waals surface area contributed by atoms with Crippen molar-refractivity contribution in [2.24, 2.45) is 0 Å². The van der Waals surface area contributed by atoms with Crippen LogP contribution >= 0.6 is 11.8 Å². The number of phenols is 1. The molecule has 1 aliphatic heterocycles. The summed E-state index contributed by atoms with van der Waals surface area (Å²) in [5.74, 6) is -0.0254. The number of thioether (sulfide) groups is 1. The van der Waals surface area contributed by atoms with Crippen LogP contribution < -0.4 is 4.74 Å². The molecule has 0 atom stereocenters. The molecule has 6 nitrogen and oxygen atoms in total. The van der Waals surface area contributed by atoms with E-state index in [1.54, 1.807) is 18.2 Å². The maximum Gasteiger partial charge on any atom is 0.293 e. The van der Waals surface area contributed by atoms with Crippen molar-refractivity contribution in [3.05, 3.63) is 28.7 Å². The van der Waals surface area contributed by atoms with Crippen LogP contribution in [0.5, 0.6) is 11.5 Å². The van der Waals surface area contributed by atoms with Crippen molar-refractivity contribution in [1.82, 2.24) is 4.90 Å². The van der Waals surface area contributed by atoms with Gasteiger partial charge in [-0.15, -0.1) is 0 Å². The van der Waals surface area contributed by atoms with Crippen molar-refractivity contribution in [3.8, 4) is 11.5 Å². The first-order chi connectivity index (χ1) is 10.1. The molecule has 0 spiro atoms. The van der Waals surface area contributed by atoms with Gasteiger partial charge < -0.3 is 14.6 Å². The Morgan fingerprint density at radius 1 is 1.33 bits per heavy atom. The Bertz CT molecular complexity index is 599. The molecule has 0 radical (unpaired) electrons. The topological polar surface area (TPSA) is 76.1 Å². The van der Waals surface area contributed by atoms with Crippen LogP contribution in [0.4, 0.5) is 4.79 Å². The molecule has 1 N–H and O–H groups in total. The van der Waals surface area contributed by atoms with Crippen molar-refractivity contribution >= 4 is 29.0 Å². The summed E-state index contributed by atoms with van der Waals surface area (Å²) in [5, 5.41) is 9.39. The van der Waals surface area contributed by atoms with E-state index in [1.165, 1.54) is 20.3 Å². The minimum atomic E-state index is -0.350. The molecule has 2 amide bonds. The number of hydrogen-bond acceptors (Lipinski definition) is 6. The van der Waals surface area contributed by atoms with Gasteiger partial charge >= 0.3 is 0 Å². The SMILES string of the molecule is COCCN1C(=O)SC(=Cc2ccc(OC)c(O)c2)C1=O. The van der Waals surface area contributed by atoms with Crippen LogP contribution in [0.25, 0.3) is 6.08 Å². The van der Waals surface area contributed by atoms with E-state index in [0.29, 0.717) is 22.8 Å². The van der Waals surface area contributed by atoms with E-state index in [2.05, 4.69) is 0 Å². The molecule has 1 heterocycles. The third-order valence-electron chi connectivity index (χ3n) is 2.89. The lowest BCUT2D eigenvalue weighted by atomic mass is 10.2. The standard InChI is InChI=1S/C14H15NO5S/c1-19-6-5-15-13(17)12(21-14(15)18)8-9-3-4-11(20-2)10(16)7-9/h3-4,7-8,16H,5-6H2,1-2H3. The molecule has 112 valence electrons. The second-order valence-corrected chi connectivity index (χ2v) is 5.25. The molecule has 0 unspecified atom stereocenters. The molecule has 1 saturated heterocycles. The van der Waals surface area contributed by atoms with Gasteiger partial charge in [-0.05, 0) is 35.5 Å². The van der Waals surface area contributed by atoms with Gasteiger partial charge in [0.1, 0.15) is 0 Å². The summed E-state index contributed by atoms with van der Waals surface area (Å²) in [6.07, 6.45) is 1.57. The van der Waals surface area contributed by atoms with Gasteiger partial charge in [0.05, 0.1) is 25.2 Å². The summed E-state index contributed by atoms with van der Waals surface area (Å²) in [6.45, 7) is 0.529. The summed E-state index contributed by atoms with van der Waals surface area (Å²) in [5.41, 5.74) is 0.616. The van der Waals surface area contributed by atoms with Crippen molar-refractivity contribution in [2.75, 3.05) is 27.4 Å². The fourth-order valence-corrected chi connectivity index (χ4v) is 2.69. The van der Waals surface area contributed by atoms with Gasteiger partial charge in [-0.1, -0.05) is 6.07 Å². The normalized spacial score (nSPS) is 16.9. The molecule has 7 heteroatoms. The van der Waals surface area contributed by atoms with Crippen LogP contribution in [0.15, 0.2) is 23.1 Å². The smallest absolute Gasteiger partial charge is 0.293 e. The highest BCUT2D eigenvalue weighted by Crippen LogP contribution is 2.33. The summed E-state index contributed by atoms with van der Waals surface area (Å²) in [6, 6.07) is 4.76. The number of phenolic OH excluding ortho intramolecular Hbond substituents is 1. The molecule has 0 aromatic heterocycles. The number of imide groups is 1. The third-order valence-corrected chi connectivity index (χ3v) is 3.80. The van der Waals surface area contributed by atoms with Gasteiger partial charge in [-0.3, -0.25) is 14.5 Å². The van der Waals surface area contributed by atoms with Crippen LogP contribution in [0.2, 0.25) is 0 Å². The fraction of sp³-hybridized carbons (Fsp3) is 0.286. The van der Waals surface area contributed by atoms with Gasteiger partial charge in [0.15, 0.2) is 11.5 Å². The number of carbonyl (C=O) groups is 2. The van der Waals surface area contributed by atoms with Crippen LogP contribution in [-0.2, 0) is 9.53 Å². The maximum absolute atomic E-state index is 12.1. The zero-order valence-electron chi connectivity index (χ0n) is 11.7. The largest absolute Gasteiger partial charge is 0.504 e. The number of nitrogens with zero attached hydrogens (tertiary/aromatic N) is 1. The van der Waals surface area contributed by atoms with Crippen LogP contribution in [0.1, 0.15) is 5.56 Å². The van der Waals surface area contributed by atoms with E-state index in [4.69, 9.17) is 9.47 Å². The first kappa shape index (κ1) is 15.4. The lowest BCUT2D eigenvalue weighted by molar-refractivity contribution is -0.123. The zero-order valence-corrected chi connectivity index (χ0v) is 12.5. The van der Waals surface area contributed by atoms with Crippen molar-refractivity contribution < 1.29 is 24.2 Å². The molecule has 0 aliphatic carbocycles. The highest BCUT2D eigenvalue weighted by molar-refractivity contribution is 8.18. The molecule has 0 bridgehead atoms. The summed E-state index contributed by atoms with van der Waals surface area (Å²) < 4.78 is 9.82. The number of rotatable bonds is 5. The van der Waals surface area contributed by atoms with E-state index in [0.717, 1.165) is 16.7 Å². The predicted octanol–water partition coefficient (Wildman–Crippen LogP) is 2.08. The second kappa shape index (κ2) is 6.64. The molecular formula is C14H15NO5S. The molecule has 2 rings (SSSR count). The Balaban J connectivity index is 2.20. The molecule has 21 heavy (non-hydrogen) atoms. The van der Waals surface area contributed by atoms with Crippen LogP contribution in [-0.4, -0.2) is 48.5 Å². The maximum atomic E-state index is 12.1. The summed E-state index contributed by atoms with van der Waals surface area (Å²) >= 11 is 0.873. The highest BCUT2D eigenvalue weighted by Gasteiger charge is 2.34. The first-order valence-electron chi connectivity index (χ1n) is 6.18. The van der Waals surface area contributed by atoms with Gasteiger partial charge in [0.25, 0.3) is 11.1 Å². The second-order valence-electron chi connectivity index (χ2n) is 4.26. The zero-order chi connectivity index (χ0) is 15.4. The van der Waals surface area contributed by atoms with Gasteiger partial charge in [-0.25, -0.2) is 0 Å². The Kier molecular flexibility index (Phi) is 4.87. The minimum absolute atomic E-state index is 0.0233. The van der Waals surface area contributed by atoms with Gasteiger partial charge in [-0.2, -0.15) is 0 Å². The van der Waals surface area contributed by atoms with Crippen LogP contribution in [0, 0.1) is 0 Å². The van der Waals surface area contributed by atoms with E-state index in [9.17, 15) is 14.7 Å². The first-order valence-corrected chi connectivity index (χ1v) is 6.99. The molecule has 1 fully saturated rings. The highest BCUT2D eigenvalue weighted by atomic mass is 32.2. The number of amides is 2. The predicted molar refractivity (Wildman–Crippen MR) is 79.2 cm³/mol. The molecular weight excluding hydrogens is 294 g/mol. The molecule has 1 aromatic carbocycles. The van der Waals surface area contributed by atoms with Crippen molar-refractivity contribution in [2.45, 2.75) is 0 Å². The van der Waals surface area contributed by atoms with E-state index in [1.807, 2.05) is 0 Å². The number of carbonyl (C=O) groups excluding carboxylic acids is 2. The lowest BCUT2D eigenvalue weighted by Gasteiger charge is -2.10. The van der Waals surface area contributed by atoms with Crippen molar-refractivity contribution in [1.29, 1.82) is 0 Å². The Labute approximate surface area is 126 Å². The summed E-state index contributed by atoms with van der Waals surface area (Å²) in [4.78, 5) is 25.3. The van der Waals surface area contributed by atoms with Crippen LogP contribution in [0.3, 0.4) is 0 Å². The van der Waals surface area contributed by atoms with Crippen molar-refractivity contribution in [3.63, 3.8) is 0 Å². The summed E-state index contributed by atoms with van der Waals surface area (Å²) in [7, 11) is 2.96. The fourth-order valence-electron chi connectivity index (χ4n) is 1.82. The quantitative estimate of drug-likeness (QED) is 0.839. The Morgan fingerprint density at radius 3 is 2.71 bits per heavy atom. The van der Waals surface area contributed by atoms with E-state index >= 15 is 0 Å². The number of ether oxygens (including phenoxy) is 2. The van der Waals surface area contributed by atoms with E-state index < -0.39 is 0 Å². The Hall–Kier alpha value is -1.99.